The third-order valence-electron chi connectivity index (χ3n) is 15.1. The predicted molar refractivity (Wildman–Crippen MR) is 261 cm³/mol. The van der Waals surface area contributed by atoms with E-state index in [1.54, 1.807) is 38.2 Å². The van der Waals surface area contributed by atoms with Crippen molar-refractivity contribution in [3.05, 3.63) is 172 Å². The molecule has 9 rings (SSSR count). The molecule has 0 nitrogen and oxygen atoms in total. The summed E-state index contributed by atoms with van der Waals surface area (Å²) in [4.78, 5) is 0. The molecule has 0 spiro atoms. The normalized spacial score (nSPS) is 18.5. The zero-order valence-corrected chi connectivity index (χ0v) is 42.3. The van der Waals surface area contributed by atoms with Crippen molar-refractivity contribution >= 4 is 35.4 Å². The summed E-state index contributed by atoms with van der Waals surface area (Å²) >= 11 is -3.22. The van der Waals surface area contributed by atoms with Crippen LogP contribution >= 0.6 is 0 Å². The number of hydrogen-bond donors (Lipinski definition) is 0. The van der Waals surface area contributed by atoms with Crippen molar-refractivity contribution in [2.24, 2.45) is 11.8 Å². The zero-order chi connectivity index (χ0) is 41.7. The molecule has 1 aliphatic heterocycles. The Hall–Kier alpha value is -4.11. The molecule has 0 saturated heterocycles. The topological polar surface area (TPSA) is 0 Å². The molecule has 303 valence electrons. The standard InChI is InChI=1S/2C23H27.C12H9Si.Hf/c2*1-5-16(3)19-14-18-10-9-13-22(23(18)15-19)21-12-8-7-11-20(21)17(4)6-2;1-3-7-11-9(5-1)10-6-2-4-8-12(10)13-11;/h2*7-17H,5-6H2,1-4H3;1-7H,13H2;. The van der Waals surface area contributed by atoms with E-state index in [-0.39, 0.29) is 0 Å². The SMILES string of the molecule is CCC(C)C1=Cc2c(-c3ccccc3C(C)CC)cccc2[CH]1[Hf]([c]1cccc2c1[SiH2]c1ccccc1-2)[CH]1C(C(C)CC)=Cc2c(-c3ccccc3C(C)CC)cccc21. The van der Waals surface area contributed by atoms with E-state index in [2.05, 4.69) is 195 Å². The first-order chi connectivity index (χ1) is 29.3. The van der Waals surface area contributed by atoms with Gasteiger partial charge in [-0.15, -0.1) is 0 Å². The zero-order valence-electron chi connectivity index (χ0n) is 37.3. The summed E-state index contributed by atoms with van der Waals surface area (Å²) in [5.41, 5.74) is 21.4. The second-order valence-corrected chi connectivity index (χ2v) is 29.5. The number of benzene rings is 6. The molecular formula is C58H63HfSi. The Balaban J connectivity index is 1.33. The molecule has 0 amide bonds. The van der Waals surface area contributed by atoms with Gasteiger partial charge in [0.25, 0.3) is 0 Å². The Morgan fingerprint density at radius 3 is 1.35 bits per heavy atom. The molecule has 0 aromatic heterocycles. The molecule has 1 heterocycles. The molecule has 0 N–H and O–H groups in total. The van der Waals surface area contributed by atoms with Gasteiger partial charge in [0.2, 0.25) is 0 Å². The Bertz CT molecular complexity index is 2490. The van der Waals surface area contributed by atoms with Gasteiger partial charge in [0, 0.05) is 0 Å². The molecule has 6 atom stereocenters. The van der Waals surface area contributed by atoms with Gasteiger partial charge >= 0.3 is 374 Å². The maximum absolute atomic E-state index is 3.22. The number of rotatable bonds is 13. The Morgan fingerprint density at radius 1 is 0.433 bits per heavy atom. The van der Waals surface area contributed by atoms with Gasteiger partial charge in [-0.2, -0.15) is 0 Å². The molecule has 0 radical (unpaired) electrons. The van der Waals surface area contributed by atoms with Crippen molar-refractivity contribution in [2.45, 2.75) is 100 Å². The van der Waals surface area contributed by atoms with Crippen molar-refractivity contribution in [1.82, 2.24) is 0 Å². The van der Waals surface area contributed by atoms with Crippen LogP contribution in [0.2, 0.25) is 0 Å². The van der Waals surface area contributed by atoms with Crippen LogP contribution in [0.15, 0.2) is 139 Å². The molecule has 2 heteroatoms. The summed E-state index contributed by atoms with van der Waals surface area (Å²) in [5, 5.41) is 3.40. The van der Waals surface area contributed by atoms with Crippen LogP contribution in [0, 0.1) is 11.8 Å². The van der Waals surface area contributed by atoms with Crippen molar-refractivity contribution in [2.75, 3.05) is 0 Å². The van der Waals surface area contributed by atoms with Gasteiger partial charge in [0.15, 0.2) is 0 Å². The molecule has 0 saturated carbocycles. The first-order valence-corrected chi connectivity index (χ1v) is 30.6. The van der Waals surface area contributed by atoms with E-state index < -0.39 is 31.0 Å². The Kier molecular flexibility index (Phi) is 11.9. The third kappa shape index (κ3) is 6.99. The van der Waals surface area contributed by atoms with Gasteiger partial charge in [-0.1, -0.05) is 0 Å². The van der Waals surface area contributed by atoms with E-state index >= 15 is 0 Å². The Morgan fingerprint density at radius 2 is 0.850 bits per heavy atom. The fourth-order valence-electron chi connectivity index (χ4n) is 11.0. The van der Waals surface area contributed by atoms with Gasteiger partial charge < -0.3 is 0 Å². The van der Waals surface area contributed by atoms with Crippen LogP contribution in [0.25, 0.3) is 45.5 Å². The monoisotopic (exact) mass is 967 g/mol. The second-order valence-electron chi connectivity index (χ2n) is 18.3. The molecule has 0 fully saturated rings. The van der Waals surface area contributed by atoms with Crippen molar-refractivity contribution in [3.8, 4) is 33.4 Å². The van der Waals surface area contributed by atoms with E-state index in [4.69, 9.17) is 0 Å². The van der Waals surface area contributed by atoms with Crippen LogP contribution in [0.1, 0.15) is 134 Å². The average Bonchev–Trinajstić information content (AvgIpc) is 4.01. The predicted octanol–water partition coefficient (Wildman–Crippen LogP) is 13.8. The molecule has 6 aromatic rings. The van der Waals surface area contributed by atoms with Gasteiger partial charge in [-0.25, -0.2) is 0 Å². The van der Waals surface area contributed by atoms with Crippen LogP contribution < -0.4 is 13.7 Å². The molecule has 0 bridgehead atoms. The molecule has 6 unspecified atom stereocenters. The van der Waals surface area contributed by atoms with E-state index in [9.17, 15) is 0 Å². The van der Waals surface area contributed by atoms with Crippen molar-refractivity contribution < 1.29 is 21.4 Å². The molecular weight excluding hydrogens is 903 g/mol. The first-order valence-electron chi connectivity index (χ1n) is 23.2. The van der Waals surface area contributed by atoms with E-state index in [1.807, 2.05) is 3.32 Å². The summed E-state index contributed by atoms with van der Waals surface area (Å²) < 4.78 is 2.76. The third-order valence-corrected chi connectivity index (χ3v) is 31.5. The van der Waals surface area contributed by atoms with E-state index in [0.29, 0.717) is 31.0 Å². The van der Waals surface area contributed by atoms with Gasteiger partial charge in [0.05, 0.1) is 0 Å². The van der Waals surface area contributed by atoms with Gasteiger partial charge in [-0.3, -0.25) is 0 Å². The minimum absolute atomic E-state index is 0.472. The van der Waals surface area contributed by atoms with Gasteiger partial charge in [0.1, 0.15) is 0 Å². The number of allylic oxidation sites excluding steroid dienone is 2. The fourth-order valence-corrected chi connectivity index (χ4v) is 31.2. The Labute approximate surface area is 371 Å². The molecule has 6 aromatic carbocycles. The van der Waals surface area contributed by atoms with Crippen LogP contribution in [-0.2, 0) is 21.4 Å². The van der Waals surface area contributed by atoms with Crippen LogP contribution in [0.3, 0.4) is 0 Å². The van der Waals surface area contributed by atoms with E-state index in [0.717, 1.165) is 25.7 Å². The summed E-state index contributed by atoms with van der Waals surface area (Å²) in [6.07, 6.45) is 10.1. The van der Waals surface area contributed by atoms with Crippen LogP contribution in [-0.4, -0.2) is 9.52 Å². The van der Waals surface area contributed by atoms with Gasteiger partial charge in [-0.05, 0) is 0 Å². The second kappa shape index (κ2) is 17.3. The van der Waals surface area contributed by atoms with Crippen molar-refractivity contribution in [1.29, 1.82) is 0 Å². The quantitative estimate of drug-likeness (QED) is 0.101. The average molecular weight is 967 g/mol. The minimum atomic E-state index is -3.22. The van der Waals surface area contributed by atoms with Crippen LogP contribution in [0.5, 0.6) is 0 Å². The van der Waals surface area contributed by atoms with E-state index in [1.165, 1.54) is 50.1 Å². The van der Waals surface area contributed by atoms with Crippen LogP contribution in [0.4, 0.5) is 0 Å². The summed E-state index contributed by atoms with van der Waals surface area (Å²) in [5.74, 6) is 2.04. The number of fused-ring (bicyclic) bond motifs is 5. The molecule has 60 heavy (non-hydrogen) atoms. The number of hydrogen-bond acceptors (Lipinski definition) is 0. The molecule has 3 aliphatic rings. The first kappa shape index (κ1) is 41.3. The summed E-state index contributed by atoms with van der Waals surface area (Å²) in [6.45, 7) is 19.4. The summed E-state index contributed by atoms with van der Waals surface area (Å²) in [6, 6.07) is 50.5. The fraction of sp³-hybridized carbons (Fsp3) is 0.310. The summed E-state index contributed by atoms with van der Waals surface area (Å²) in [7, 11) is -0.639. The molecule has 2 aliphatic carbocycles. The van der Waals surface area contributed by atoms with Crippen molar-refractivity contribution in [3.63, 3.8) is 0 Å². The maximum atomic E-state index is 2.73.